The molecule has 0 saturated carbocycles. The number of carbonyl (C=O) groups is 1. The Bertz CT molecular complexity index is 811. The number of hydrogen-bond acceptors (Lipinski definition) is 4. The van der Waals surface area contributed by atoms with Crippen LogP contribution in [0.4, 0.5) is 5.69 Å². The Labute approximate surface area is 142 Å². The zero-order valence-corrected chi connectivity index (χ0v) is 14.8. The summed E-state index contributed by atoms with van der Waals surface area (Å²) < 4.78 is 30.1. The molecule has 2 aromatic carbocycles. The van der Waals surface area contributed by atoms with Gasteiger partial charge < -0.3 is 4.74 Å². The summed E-state index contributed by atoms with van der Waals surface area (Å²) in [6.07, 6.45) is 1.05. The maximum absolute atomic E-state index is 12.1. The maximum Gasteiger partial charge on any atom is 0.338 e. The normalized spacial score (nSPS) is 11.3. The van der Waals surface area contributed by atoms with Crippen LogP contribution in [-0.2, 0) is 21.4 Å². The Hall–Kier alpha value is -2.34. The summed E-state index contributed by atoms with van der Waals surface area (Å²) >= 11 is 0. The molecule has 1 N–H and O–H groups in total. The van der Waals surface area contributed by atoms with Gasteiger partial charge in [0.2, 0.25) is 10.0 Å². The molecule has 24 heavy (non-hydrogen) atoms. The van der Waals surface area contributed by atoms with Gasteiger partial charge in [0, 0.05) is 5.69 Å². The first-order chi connectivity index (χ1) is 11.2. The Balaban J connectivity index is 2.01. The fourth-order valence-corrected chi connectivity index (χ4v) is 2.71. The maximum atomic E-state index is 12.1. The number of rotatable bonds is 6. The van der Waals surface area contributed by atoms with Crippen molar-refractivity contribution in [2.45, 2.75) is 26.4 Å². The van der Waals surface area contributed by atoms with Crippen molar-refractivity contribution < 1.29 is 17.9 Å². The lowest BCUT2D eigenvalue weighted by Gasteiger charge is -2.09. The smallest absolute Gasteiger partial charge is 0.338 e. The standard InChI is InChI=1S/C18H21NO4S/c1-13(2)15-9-7-14(8-10-15)12-23-18(20)16-5-4-6-17(11-16)19-24(3,21)22/h4-11,13,19H,12H2,1-3H3. The molecule has 0 aliphatic carbocycles. The molecule has 0 unspecified atom stereocenters. The van der Waals surface area contributed by atoms with E-state index in [4.69, 9.17) is 4.74 Å². The minimum absolute atomic E-state index is 0.168. The number of anilines is 1. The quantitative estimate of drug-likeness (QED) is 0.811. The van der Waals surface area contributed by atoms with Crippen LogP contribution in [0.5, 0.6) is 0 Å². The molecule has 2 rings (SSSR count). The molecule has 0 bridgehead atoms. The number of sulfonamides is 1. The molecule has 0 amide bonds. The van der Waals surface area contributed by atoms with E-state index in [0.29, 0.717) is 17.2 Å². The predicted octanol–water partition coefficient (Wildman–Crippen LogP) is 3.54. The molecule has 128 valence electrons. The van der Waals surface area contributed by atoms with Crippen LogP contribution in [-0.4, -0.2) is 20.6 Å². The molecule has 0 heterocycles. The van der Waals surface area contributed by atoms with Crippen LogP contribution in [0, 0.1) is 0 Å². The Morgan fingerprint density at radius 3 is 2.38 bits per heavy atom. The van der Waals surface area contributed by atoms with E-state index in [1.807, 2.05) is 24.3 Å². The zero-order chi connectivity index (χ0) is 17.7. The molecule has 6 heteroatoms. The summed E-state index contributed by atoms with van der Waals surface area (Å²) in [6.45, 7) is 4.40. The highest BCUT2D eigenvalue weighted by Crippen LogP contribution is 2.16. The molecule has 0 saturated heterocycles. The van der Waals surface area contributed by atoms with E-state index >= 15 is 0 Å². The van der Waals surface area contributed by atoms with Crippen molar-refractivity contribution in [2.24, 2.45) is 0 Å². The first kappa shape index (κ1) is 18.0. The van der Waals surface area contributed by atoms with E-state index in [-0.39, 0.29) is 6.61 Å². The highest BCUT2D eigenvalue weighted by atomic mass is 32.2. The molecule has 5 nitrogen and oxygen atoms in total. The molecular formula is C18H21NO4S. The minimum atomic E-state index is -3.39. The van der Waals surface area contributed by atoms with Gasteiger partial charge in [0.15, 0.2) is 0 Å². The molecule has 0 aromatic heterocycles. The number of hydrogen-bond donors (Lipinski definition) is 1. The summed E-state index contributed by atoms with van der Waals surface area (Å²) in [5.74, 6) is -0.0493. The molecule has 0 atom stereocenters. The molecular weight excluding hydrogens is 326 g/mol. The summed E-state index contributed by atoms with van der Waals surface area (Å²) in [5, 5.41) is 0. The van der Waals surface area contributed by atoms with Gasteiger partial charge in [-0.3, -0.25) is 4.72 Å². The highest BCUT2D eigenvalue weighted by molar-refractivity contribution is 7.92. The Kier molecular flexibility index (Phi) is 5.62. The van der Waals surface area contributed by atoms with E-state index in [1.165, 1.54) is 11.6 Å². The average molecular weight is 347 g/mol. The lowest BCUT2D eigenvalue weighted by molar-refractivity contribution is 0.0472. The molecule has 0 spiro atoms. The first-order valence-electron chi connectivity index (χ1n) is 7.58. The van der Waals surface area contributed by atoms with E-state index in [2.05, 4.69) is 18.6 Å². The molecule has 0 fully saturated rings. The lowest BCUT2D eigenvalue weighted by Crippen LogP contribution is -2.11. The summed E-state index contributed by atoms with van der Waals surface area (Å²) in [6, 6.07) is 14.1. The van der Waals surface area contributed by atoms with Gasteiger partial charge in [-0.25, -0.2) is 13.2 Å². The third kappa shape index (κ3) is 5.38. The second-order valence-corrected chi connectivity index (χ2v) is 7.68. The number of carbonyl (C=O) groups excluding carboxylic acids is 1. The largest absolute Gasteiger partial charge is 0.457 e. The van der Waals surface area contributed by atoms with Gasteiger partial charge in [0.05, 0.1) is 11.8 Å². The number of esters is 1. The van der Waals surface area contributed by atoms with E-state index in [1.54, 1.807) is 18.2 Å². The third-order valence-electron chi connectivity index (χ3n) is 3.42. The van der Waals surface area contributed by atoms with Gasteiger partial charge in [-0.05, 0) is 35.2 Å². The van der Waals surface area contributed by atoms with Crippen LogP contribution in [0.2, 0.25) is 0 Å². The predicted molar refractivity (Wildman–Crippen MR) is 94.6 cm³/mol. The van der Waals surface area contributed by atoms with E-state index in [9.17, 15) is 13.2 Å². The van der Waals surface area contributed by atoms with Crippen molar-refractivity contribution in [1.29, 1.82) is 0 Å². The van der Waals surface area contributed by atoms with Gasteiger partial charge in [-0.1, -0.05) is 44.2 Å². The summed E-state index contributed by atoms with van der Waals surface area (Å²) in [7, 11) is -3.39. The van der Waals surface area contributed by atoms with Gasteiger partial charge in [0.1, 0.15) is 6.61 Å². The second-order valence-electron chi connectivity index (χ2n) is 5.93. The van der Waals surface area contributed by atoms with Crippen molar-refractivity contribution in [1.82, 2.24) is 0 Å². The Morgan fingerprint density at radius 1 is 1.12 bits per heavy atom. The fourth-order valence-electron chi connectivity index (χ4n) is 2.15. The topological polar surface area (TPSA) is 72.5 Å². The van der Waals surface area contributed by atoms with Gasteiger partial charge >= 0.3 is 5.97 Å². The van der Waals surface area contributed by atoms with Crippen molar-refractivity contribution >= 4 is 21.7 Å². The fraction of sp³-hybridized carbons (Fsp3) is 0.278. The van der Waals surface area contributed by atoms with Crippen LogP contribution in [0.25, 0.3) is 0 Å². The van der Waals surface area contributed by atoms with Crippen LogP contribution in [0.3, 0.4) is 0 Å². The SMILES string of the molecule is CC(C)c1ccc(COC(=O)c2cccc(NS(C)(=O)=O)c2)cc1. The van der Waals surface area contributed by atoms with Crippen molar-refractivity contribution in [3.63, 3.8) is 0 Å². The highest BCUT2D eigenvalue weighted by Gasteiger charge is 2.10. The van der Waals surface area contributed by atoms with Gasteiger partial charge in [-0.15, -0.1) is 0 Å². The third-order valence-corrected chi connectivity index (χ3v) is 4.02. The molecule has 0 radical (unpaired) electrons. The van der Waals surface area contributed by atoms with Crippen molar-refractivity contribution in [3.05, 3.63) is 65.2 Å². The summed E-state index contributed by atoms with van der Waals surface area (Å²) in [5.41, 5.74) is 2.75. The van der Waals surface area contributed by atoms with Crippen LogP contribution in [0.15, 0.2) is 48.5 Å². The van der Waals surface area contributed by atoms with Crippen molar-refractivity contribution in [2.75, 3.05) is 11.0 Å². The number of nitrogens with one attached hydrogen (secondary N) is 1. The second kappa shape index (κ2) is 7.49. The molecule has 0 aliphatic heterocycles. The van der Waals surface area contributed by atoms with Gasteiger partial charge in [-0.2, -0.15) is 0 Å². The lowest BCUT2D eigenvalue weighted by atomic mass is 10.0. The van der Waals surface area contributed by atoms with Gasteiger partial charge in [0.25, 0.3) is 0 Å². The molecule has 2 aromatic rings. The minimum Gasteiger partial charge on any atom is -0.457 e. The average Bonchev–Trinajstić information content (AvgIpc) is 2.51. The number of benzene rings is 2. The Morgan fingerprint density at radius 2 is 1.79 bits per heavy atom. The van der Waals surface area contributed by atoms with Crippen LogP contribution < -0.4 is 4.72 Å². The zero-order valence-electron chi connectivity index (χ0n) is 13.9. The number of ether oxygens (including phenoxy) is 1. The van der Waals surface area contributed by atoms with Crippen molar-refractivity contribution in [3.8, 4) is 0 Å². The summed E-state index contributed by atoms with van der Waals surface area (Å²) in [4.78, 5) is 12.1. The van der Waals surface area contributed by atoms with E-state index in [0.717, 1.165) is 11.8 Å². The van der Waals surface area contributed by atoms with Crippen LogP contribution in [0.1, 0.15) is 41.3 Å². The van der Waals surface area contributed by atoms with E-state index < -0.39 is 16.0 Å². The van der Waals surface area contributed by atoms with Crippen LogP contribution >= 0.6 is 0 Å². The molecule has 0 aliphatic rings. The monoisotopic (exact) mass is 347 g/mol. The first-order valence-corrected chi connectivity index (χ1v) is 9.47.